The van der Waals surface area contributed by atoms with E-state index in [-0.39, 0.29) is 25.0 Å². The second-order valence-corrected chi connectivity index (χ2v) is 11.5. The number of hydrogen-bond acceptors (Lipinski definition) is 5. The van der Waals surface area contributed by atoms with Crippen LogP contribution >= 0.6 is 7.37 Å². The fraction of sp³-hybridized carbons (Fsp3) is 0.259. The number of amides is 1. The highest BCUT2D eigenvalue weighted by Crippen LogP contribution is 2.64. The number of carbonyl (C=O) groups is 2. The van der Waals surface area contributed by atoms with Crippen LogP contribution in [-0.4, -0.2) is 33.0 Å². The molecular weight excluding hydrogens is 481 g/mol. The second kappa shape index (κ2) is 11.0. The van der Waals surface area contributed by atoms with Gasteiger partial charge in [0.15, 0.2) is 0 Å². The van der Waals surface area contributed by atoms with Gasteiger partial charge in [0, 0.05) is 6.42 Å². The van der Waals surface area contributed by atoms with E-state index in [4.69, 9.17) is 9.47 Å². The molecule has 36 heavy (non-hydrogen) atoms. The summed E-state index contributed by atoms with van der Waals surface area (Å²) in [6.45, 7) is 0. The summed E-state index contributed by atoms with van der Waals surface area (Å²) in [5, 5.41) is 10.7. The first kappa shape index (κ1) is 25.5. The van der Waals surface area contributed by atoms with Crippen LogP contribution in [-0.2, 0) is 15.8 Å². The number of carbonyl (C=O) groups excluding carboxylic acids is 1. The fourth-order valence-corrected chi connectivity index (χ4v) is 7.06. The minimum absolute atomic E-state index is 0.0572. The van der Waals surface area contributed by atoms with Crippen LogP contribution in [0.3, 0.4) is 0 Å². The molecule has 0 radical (unpaired) electrons. The van der Waals surface area contributed by atoms with Gasteiger partial charge in [-0.3, -0.25) is 9.36 Å². The predicted octanol–water partition coefficient (Wildman–Crippen LogP) is 5.80. The van der Waals surface area contributed by atoms with E-state index >= 15 is 0 Å². The van der Waals surface area contributed by atoms with Crippen LogP contribution in [0.5, 0.6) is 17.2 Å². The van der Waals surface area contributed by atoms with Gasteiger partial charge in [0.05, 0.1) is 0 Å². The Balaban J connectivity index is 1.57. The van der Waals surface area contributed by atoms with Gasteiger partial charge in [0.2, 0.25) is 7.37 Å². The number of para-hydroxylation sites is 2. The zero-order valence-corrected chi connectivity index (χ0v) is 20.5. The molecule has 3 N–H and O–H groups in total. The van der Waals surface area contributed by atoms with Crippen LogP contribution in [0.2, 0.25) is 0 Å². The minimum atomic E-state index is -4.47. The SMILES string of the molecule is O=C(NC(Cc1ccc(Oc2ccccc2)cc1)P(=O)(O)C1(C(=O)O)CCCC1)Oc1ccccc1. The molecule has 1 fully saturated rings. The molecule has 4 rings (SSSR count). The summed E-state index contributed by atoms with van der Waals surface area (Å²) >= 11 is 0. The standard InChI is InChI=1S/C27H28NO7P/c29-25(30)27(17-7-8-18-27)36(32,33)24(28-26(31)35-22-11-5-2-6-12-22)19-20-13-15-23(16-14-20)34-21-9-3-1-4-10-21/h1-6,9-16,24H,7-8,17-19H2,(H,28,31)(H,29,30)(H,32,33). The number of aliphatic carboxylic acids is 1. The summed E-state index contributed by atoms with van der Waals surface area (Å²) in [6.07, 6.45) is 0.228. The maximum atomic E-state index is 13.9. The molecule has 2 unspecified atom stereocenters. The third kappa shape index (κ3) is 5.61. The van der Waals surface area contributed by atoms with E-state index in [0.29, 0.717) is 29.9 Å². The van der Waals surface area contributed by atoms with Crippen LogP contribution in [0.1, 0.15) is 31.2 Å². The number of benzene rings is 3. The predicted molar refractivity (Wildman–Crippen MR) is 135 cm³/mol. The lowest BCUT2D eigenvalue weighted by Gasteiger charge is -2.35. The molecule has 0 heterocycles. The van der Waals surface area contributed by atoms with E-state index < -0.39 is 30.4 Å². The van der Waals surface area contributed by atoms with E-state index in [9.17, 15) is 24.2 Å². The highest BCUT2D eigenvalue weighted by Gasteiger charge is 2.59. The zero-order valence-electron chi connectivity index (χ0n) is 19.6. The Labute approximate surface area is 209 Å². The van der Waals surface area contributed by atoms with Crippen molar-refractivity contribution in [3.63, 3.8) is 0 Å². The number of hydrogen-bond donors (Lipinski definition) is 3. The van der Waals surface area contributed by atoms with Gasteiger partial charge < -0.3 is 24.8 Å². The third-order valence-corrected chi connectivity index (χ3v) is 9.46. The van der Waals surface area contributed by atoms with E-state index in [0.717, 1.165) is 0 Å². The molecule has 3 aromatic rings. The van der Waals surface area contributed by atoms with Crippen molar-refractivity contribution < 1.29 is 33.6 Å². The first-order valence-corrected chi connectivity index (χ1v) is 13.4. The number of ether oxygens (including phenoxy) is 2. The molecule has 2 atom stereocenters. The number of carboxylic acid groups (broad SMARTS) is 1. The topological polar surface area (TPSA) is 122 Å². The monoisotopic (exact) mass is 509 g/mol. The molecule has 0 aliphatic heterocycles. The molecule has 3 aromatic carbocycles. The van der Waals surface area contributed by atoms with Gasteiger partial charge in [0.1, 0.15) is 28.2 Å². The zero-order chi connectivity index (χ0) is 25.6. The van der Waals surface area contributed by atoms with Crippen molar-refractivity contribution in [2.24, 2.45) is 0 Å². The summed E-state index contributed by atoms with van der Waals surface area (Å²) < 4.78 is 24.9. The maximum absolute atomic E-state index is 13.9. The first-order valence-electron chi connectivity index (χ1n) is 11.7. The van der Waals surface area contributed by atoms with Gasteiger partial charge in [-0.2, -0.15) is 0 Å². The largest absolute Gasteiger partial charge is 0.480 e. The normalized spacial score (nSPS) is 16.9. The second-order valence-electron chi connectivity index (χ2n) is 8.79. The van der Waals surface area contributed by atoms with Crippen molar-refractivity contribution >= 4 is 19.4 Å². The molecule has 0 aromatic heterocycles. The van der Waals surface area contributed by atoms with Crippen molar-refractivity contribution in [1.82, 2.24) is 5.32 Å². The average molecular weight is 509 g/mol. The lowest BCUT2D eigenvalue weighted by Crippen LogP contribution is -2.46. The lowest BCUT2D eigenvalue weighted by molar-refractivity contribution is -0.140. The Kier molecular flexibility index (Phi) is 7.77. The third-order valence-electron chi connectivity index (χ3n) is 6.43. The summed E-state index contributed by atoms with van der Waals surface area (Å²) in [7, 11) is -4.47. The molecule has 1 aliphatic rings. The summed E-state index contributed by atoms with van der Waals surface area (Å²) in [5.41, 5.74) is 0.633. The van der Waals surface area contributed by atoms with Gasteiger partial charge in [-0.1, -0.05) is 61.4 Å². The van der Waals surface area contributed by atoms with Gasteiger partial charge in [-0.05, 0) is 54.8 Å². The smallest absolute Gasteiger partial charge is 0.413 e. The Morgan fingerprint density at radius 1 is 0.861 bits per heavy atom. The average Bonchev–Trinajstić information content (AvgIpc) is 3.38. The van der Waals surface area contributed by atoms with E-state index in [2.05, 4.69) is 5.32 Å². The molecule has 188 valence electrons. The molecular formula is C27H28NO7P. The Hall–Kier alpha value is -3.61. The molecule has 1 saturated carbocycles. The highest BCUT2D eigenvalue weighted by molar-refractivity contribution is 7.61. The van der Waals surface area contributed by atoms with Gasteiger partial charge in [-0.25, -0.2) is 4.79 Å². The molecule has 1 aliphatic carbocycles. The number of nitrogens with one attached hydrogen (secondary N) is 1. The van der Waals surface area contributed by atoms with Gasteiger partial charge in [0.25, 0.3) is 0 Å². The van der Waals surface area contributed by atoms with Crippen LogP contribution < -0.4 is 14.8 Å². The molecule has 1 amide bonds. The van der Waals surface area contributed by atoms with Crippen molar-refractivity contribution in [2.75, 3.05) is 0 Å². The number of rotatable bonds is 9. The summed E-state index contributed by atoms with van der Waals surface area (Å²) in [4.78, 5) is 36.2. The van der Waals surface area contributed by atoms with Crippen LogP contribution in [0, 0.1) is 0 Å². The Morgan fingerprint density at radius 2 is 1.39 bits per heavy atom. The van der Waals surface area contributed by atoms with E-state index in [1.807, 2.05) is 30.3 Å². The van der Waals surface area contributed by atoms with Crippen molar-refractivity contribution in [3.05, 3.63) is 90.5 Å². The van der Waals surface area contributed by atoms with Crippen LogP contribution in [0.25, 0.3) is 0 Å². The lowest BCUT2D eigenvalue weighted by atomic mass is 10.1. The Morgan fingerprint density at radius 3 is 1.94 bits per heavy atom. The summed E-state index contributed by atoms with van der Waals surface area (Å²) in [6, 6.07) is 24.4. The molecule has 8 nitrogen and oxygen atoms in total. The van der Waals surface area contributed by atoms with Crippen molar-refractivity contribution in [3.8, 4) is 17.2 Å². The van der Waals surface area contributed by atoms with E-state index in [1.54, 1.807) is 54.6 Å². The van der Waals surface area contributed by atoms with Gasteiger partial charge >= 0.3 is 12.1 Å². The maximum Gasteiger partial charge on any atom is 0.413 e. The minimum Gasteiger partial charge on any atom is -0.480 e. The first-order chi connectivity index (χ1) is 17.3. The highest BCUT2D eigenvalue weighted by atomic mass is 31.2. The van der Waals surface area contributed by atoms with E-state index in [1.165, 1.54) is 0 Å². The quantitative estimate of drug-likeness (QED) is 0.312. The summed E-state index contributed by atoms with van der Waals surface area (Å²) in [5.74, 6) is -1.18. The van der Waals surface area contributed by atoms with Crippen molar-refractivity contribution in [1.29, 1.82) is 0 Å². The van der Waals surface area contributed by atoms with Crippen molar-refractivity contribution in [2.45, 2.75) is 43.0 Å². The Bertz CT molecular complexity index is 1230. The van der Waals surface area contributed by atoms with Gasteiger partial charge in [-0.15, -0.1) is 0 Å². The molecule has 0 bridgehead atoms. The van der Waals surface area contributed by atoms with Crippen LogP contribution in [0.15, 0.2) is 84.9 Å². The molecule has 9 heteroatoms. The number of carboxylic acids is 1. The molecule has 0 saturated heterocycles. The fourth-order valence-electron chi connectivity index (χ4n) is 4.49. The molecule has 0 spiro atoms. The van der Waals surface area contributed by atoms with Crippen LogP contribution in [0.4, 0.5) is 4.79 Å².